The molecule has 0 aromatic heterocycles. The number of hydrogen-bond acceptors (Lipinski definition) is 4. The van der Waals surface area contributed by atoms with Crippen molar-refractivity contribution in [3.05, 3.63) is 118 Å². The first-order chi connectivity index (χ1) is 19.9. The Balaban J connectivity index is 0.000000169. The van der Waals surface area contributed by atoms with Gasteiger partial charge in [-0.25, -0.2) is 26.3 Å². The van der Waals surface area contributed by atoms with Gasteiger partial charge in [0, 0.05) is 35.9 Å². The van der Waals surface area contributed by atoms with Crippen LogP contribution in [0.15, 0.2) is 66.7 Å². The molecule has 0 fully saturated rings. The van der Waals surface area contributed by atoms with Crippen LogP contribution >= 0.6 is 0 Å². The van der Waals surface area contributed by atoms with E-state index in [1.807, 2.05) is 6.07 Å². The first kappa shape index (κ1) is 29.2. The van der Waals surface area contributed by atoms with Crippen LogP contribution in [0.1, 0.15) is 37.5 Å². The summed E-state index contributed by atoms with van der Waals surface area (Å²) in [6.07, 6.45) is 0. The van der Waals surface area contributed by atoms with Gasteiger partial charge in [0.15, 0.2) is 25.1 Å². The van der Waals surface area contributed by atoms with Crippen LogP contribution in [-0.4, -0.2) is 13.5 Å². The van der Waals surface area contributed by atoms with Gasteiger partial charge in [0.2, 0.25) is 0 Å². The highest BCUT2D eigenvalue weighted by molar-refractivity contribution is 5.53. The summed E-state index contributed by atoms with van der Waals surface area (Å²) in [5.74, 6) is -3.36. The largest absolute Gasteiger partial charge is 0.473 e. The minimum Gasteiger partial charge on any atom is -0.473 e. The Morgan fingerprint density at radius 2 is 1.10 bits per heavy atom. The molecule has 0 bridgehead atoms. The predicted molar refractivity (Wildman–Crippen MR) is 148 cm³/mol. The Bertz CT molecular complexity index is 1600. The van der Waals surface area contributed by atoms with Gasteiger partial charge in [-0.2, -0.15) is 0 Å². The van der Waals surface area contributed by atoms with Crippen LogP contribution in [0, 0.1) is 34.9 Å². The Labute approximate surface area is 239 Å². The highest BCUT2D eigenvalue weighted by Crippen LogP contribution is 2.34. The molecular weight excluding hydrogens is 558 g/mol. The van der Waals surface area contributed by atoms with Crippen LogP contribution in [0.4, 0.5) is 37.7 Å². The van der Waals surface area contributed by atoms with Gasteiger partial charge in [0.25, 0.3) is 0 Å². The SMILES string of the molecule is CC(C)(C)c1ccc2c(c1)CN(c1ccc(F)cc1F)CO2.Fc1cc(F)c(N2COc3ccc(F)cc3C2)c(F)c1. The maximum atomic E-state index is 13.9. The lowest BCUT2D eigenvalue weighted by Crippen LogP contribution is -2.33. The van der Waals surface area contributed by atoms with Crippen LogP contribution in [-0.2, 0) is 18.5 Å². The molecule has 2 heterocycles. The molecule has 0 aliphatic carbocycles. The van der Waals surface area contributed by atoms with Crippen molar-refractivity contribution in [1.82, 2.24) is 0 Å². The van der Waals surface area contributed by atoms with Crippen LogP contribution in [0.3, 0.4) is 0 Å². The van der Waals surface area contributed by atoms with Crippen LogP contribution in [0.25, 0.3) is 0 Å². The van der Waals surface area contributed by atoms with E-state index in [1.165, 1.54) is 40.8 Å². The third-order valence-corrected chi connectivity index (χ3v) is 6.97. The molecule has 0 spiro atoms. The Morgan fingerprint density at radius 1 is 0.571 bits per heavy atom. The smallest absolute Gasteiger partial charge is 0.161 e. The summed E-state index contributed by atoms with van der Waals surface area (Å²) in [6.45, 7) is 7.22. The fraction of sp³-hybridized carbons (Fsp3) is 0.250. The van der Waals surface area contributed by atoms with E-state index in [-0.39, 0.29) is 31.1 Å². The van der Waals surface area contributed by atoms with Crippen molar-refractivity contribution in [2.24, 2.45) is 0 Å². The van der Waals surface area contributed by atoms with Crippen molar-refractivity contribution in [3.63, 3.8) is 0 Å². The van der Waals surface area contributed by atoms with Crippen molar-refractivity contribution in [1.29, 1.82) is 0 Å². The number of hydrogen-bond donors (Lipinski definition) is 0. The molecule has 2 aliphatic heterocycles. The Morgan fingerprint density at radius 3 is 1.74 bits per heavy atom. The Kier molecular flexibility index (Phi) is 7.99. The topological polar surface area (TPSA) is 24.9 Å². The number of halogens is 6. The minimum absolute atomic E-state index is 0.0401. The van der Waals surface area contributed by atoms with Gasteiger partial charge >= 0.3 is 0 Å². The quantitative estimate of drug-likeness (QED) is 0.221. The van der Waals surface area contributed by atoms with Gasteiger partial charge in [-0.1, -0.05) is 26.8 Å². The number of anilines is 2. The van der Waals surface area contributed by atoms with Crippen molar-refractivity contribution < 1.29 is 35.8 Å². The van der Waals surface area contributed by atoms with Gasteiger partial charge in [-0.15, -0.1) is 0 Å². The number of benzene rings is 4. The van der Waals surface area contributed by atoms with Gasteiger partial charge in [-0.05, 0) is 53.4 Å². The monoisotopic (exact) mass is 586 g/mol. The Hall–Kier alpha value is -4.34. The van der Waals surface area contributed by atoms with E-state index in [4.69, 9.17) is 9.47 Å². The predicted octanol–water partition coefficient (Wildman–Crippen LogP) is 8.22. The zero-order valence-corrected chi connectivity index (χ0v) is 23.2. The molecule has 0 saturated heterocycles. The first-order valence-electron chi connectivity index (χ1n) is 13.2. The molecule has 0 unspecified atom stereocenters. The van der Waals surface area contributed by atoms with Gasteiger partial charge in [0.1, 0.15) is 40.5 Å². The summed E-state index contributed by atoms with van der Waals surface area (Å²) in [6, 6.07) is 14.9. The van der Waals surface area contributed by atoms with Crippen molar-refractivity contribution in [2.75, 3.05) is 23.3 Å². The average molecular weight is 587 g/mol. The van der Waals surface area contributed by atoms with Crippen LogP contribution in [0.2, 0.25) is 0 Å². The summed E-state index contributed by atoms with van der Waals surface area (Å²) in [7, 11) is 0. The molecule has 10 heteroatoms. The maximum Gasteiger partial charge on any atom is 0.161 e. The molecule has 2 aliphatic rings. The third kappa shape index (κ3) is 6.27. The fourth-order valence-electron chi connectivity index (χ4n) is 4.79. The summed E-state index contributed by atoms with van der Waals surface area (Å²) < 4.78 is 91.5. The van der Waals surface area contributed by atoms with E-state index in [0.29, 0.717) is 35.7 Å². The lowest BCUT2D eigenvalue weighted by atomic mass is 9.86. The van der Waals surface area contributed by atoms with Crippen LogP contribution < -0.4 is 19.3 Å². The second kappa shape index (κ2) is 11.5. The summed E-state index contributed by atoms with van der Waals surface area (Å²) >= 11 is 0. The molecule has 4 nitrogen and oxygen atoms in total. The number of ether oxygens (including phenoxy) is 2. The maximum absolute atomic E-state index is 13.9. The zero-order chi connectivity index (χ0) is 30.2. The zero-order valence-electron chi connectivity index (χ0n) is 23.2. The number of rotatable bonds is 2. The highest BCUT2D eigenvalue weighted by Gasteiger charge is 2.25. The van der Waals surface area contributed by atoms with E-state index >= 15 is 0 Å². The highest BCUT2D eigenvalue weighted by atomic mass is 19.2. The molecule has 220 valence electrons. The number of nitrogens with zero attached hydrogens (tertiary/aromatic N) is 2. The molecule has 0 saturated carbocycles. The normalized spacial score (nSPS) is 14.2. The van der Waals surface area contributed by atoms with Crippen molar-refractivity contribution in [3.8, 4) is 11.5 Å². The second-order valence-electron chi connectivity index (χ2n) is 11.1. The van der Waals surface area contributed by atoms with E-state index in [2.05, 4.69) is 32.9 Å². The van der Waals surface area contributed by atoms with E-state index in [1.54, 1.807) is 4.90 Å². The lowest BCUT2D eigenvalue weighted by molar-refractivity contribution is 0.285. The van der Waals surface area contributed by atoms with E-state index in [0.717, 1.165) is 17.4 Å². The first-order valence-corrected chi connectivity index (χ1v) is 13.2. The molecule has 0 radical (unpaired) electrons. The molecule has 4 aromatic rings. The summed E-state index contributed by atoms with van der Waals surface area (Å²) in [5.41, 5.74) is 2.70. The number of fused-ring (bicyclic) bond motifs is 2. The second-order valence-corrected chi connectivity index (χ2v) is 11.1. The molecule has 6 rings (SSSR count). The molecule has 0 atom stereocenters. The third-order valence-electron chi connectivity index (χ3n) is 6.97. The molecule has 0 N–H and O–H groups in total. The van der Waals surface area contributed by atoms with Gasteiger partial charge in [-0.3, -0.25) is 0 Å². The van der Waals surface area contributed by atoms with E-state index in [9.17, 15) is 26.3 Å². The molecule has 4 aromatic carbocycles. The fourth-order valence-corrected chi connectivity index (χ4v) is 4.79. The molecule has 42 heavy (non-hydrogen) atoms. The molecule has 0 amide bonds. The van der Waals surface area contributed by atoms with Crippen molar-refractivity contribution >= 4 is 11.4 Å². The summed E-state index contributed by atoms with van der Waals surface area (Å²) in [5, 5.41) is 0. The van der Waals surface area contributed by atoms with Gasteiger partial charge < -0.3 is 19.3 Å². The van der Waals surface area contributed by atoms with Crippen LogP contribution in [0.5, 0.6) is 11.5 Å². The van der Waals surface area contributed by atoms with Crippen molar-refractivity contribution in [2.45, 2.75) is 39.3 Å². The summed E-state index contributed by atoms with van der Waals surface area (Å²) in [4.78, 5) is 3.01. The van der Waals surface area contributed by atoms with E-state index < -0.39 is 34.9 Å². The standard InChI is InChI=1S/C18H19F2NO.C14H9F4NO/c1-18(2,3)13-4-7-17-12(8-13)10-21(11-22-17)16-6-5-14(19)9-15(16)20;15-9-1-2-13-8(3-9)6-19(7-20-13)14-11(17)4-10(16)5-12(14)18/h4-9H,10-11H2,1-3H3;1-5H,6-7H2. The lowest BCUT2D eigenvalue weighted by Gasteiger charge is -2.32. The minimum atomic E-state index is -1.02. The average Bonchev–Trinajstić information content (AvgIpc) is 2.91. The molecular formula is C32H28F6N2O2. The van der Waals surface area contributed by atoms with Gasteiger partial charge in [0.05, 0.1) is 12.2 Å².